The Morgan fingerprint density at radius 3 is 2.72 bits per heavy atom. The Morgan fingerprint density at radius 2 is 2.00 bits per heavy atom. The number of amides is 2. The SMILES string of the molecule is COc1ccccc1NC(=O)c1c(NC(C)=O)sc2c1CCN(C)C2. The van der Waals surface area contributed by atoms with E-state index in [2.05, 4.69) is 22.6 Å². The second-order valence-electron chi connectivity index (χ2n) is 6.03. The molecular weight excluding hydrogens is 338 g/mol. The number of thiophene rings is 1. The molecule has 1 aromatic heterocycles. The Hall–Kier alpha value is -2.38. The van der Waals surface area contributed by atoms with Crippen molar-refractivity contribution in [1.29, 1.82) is 0 Å². The highest BCUT2D eigenvalue weighted by Crippen LogP contribution is 2.37. The fourth-order valence-corrected chi connectivity index (χ4v) is 4.32. The van der Waals surface area contributed by atoms with Crippen molar-refractivity contribution < 1.29 is 14.3 Å². The first-order chi connectivity index (χ1) is 12.0. The van der Waals surface area contributed by atoms with Crippen molar-refractivity contribution in [2.24, 2.45) is 0 Å². The normalized spacial score (nSPS) is 13.9. The highest BCUT2D eigenvalue weighted by molar-refractivity contribution is 7.17. The highest BCUT2D eigenvalue weighted by atomic mass is 32.1. The van der Waals surface area contributed by atoms with Crippen molar-refractivity contribution >= 4 is 33.8 Å². The number of methoxy groups -OCH3 is 1. The number of likely N-dealkylation sites (N-methyl/N-ethyl adjacent to an activating group) is 1. The van der Waals surface area contributed by atoms with Crippen molar-refractivity contribution in [2.75, 3.05) is 31.3 Å². The molecule has 1 aromatic carbocycles. The van der Waals surface area contributed by atoms with Crippen molar-refractivity contribution in [1.82, 2.24) is 4.90 Å². The Labute approximate surface area is 150 Å². The van der Waals surface area contributed by atoms with Crippen LogP contribution in [0.5, 0.6) is 5.75 Å². The van der Waals surface area contributed by atoms with Gasteiger partial charge < -0.3 is 20.3 Å². The monoisotopic (exact) mass is 359 g/mol. The lowest BCUT2D eigenvalue weighted by Crippen LogP contribution is -2.27. The molecule has 2 heterocycles. The molecule has 7 heteroatoms. The molecule has 132 valence electrons. The Balaban J connectivity index is 1.97. The number of para-hydroxylation sites is 2. The van der Waals surface area contributed by atoms with Crippen LogP contribution in [0.25, 0.3) is 0 Å². The summed E-state index contributed by atoms with van der Waals surface area (Å²) in [5.74, 6) is 0.189. The molecule has 0 bridgehead atoms. The van der Waals surface area contributed by atoms with Crippen LogP contribution in [0.1, 0.15) is 27.7 Å². The van der Waals surface area contributed by atoms with Gasteiger partial charge in [0.15, 0.2) is 0 Å². The van der Waals surface area contributed by atoms with E-state index in [1.54, 1.807) is 19.2 Å². The quantitative estimate of drug-likeness (QED) is 0.880. The van der Waals surface area contributed by atoms with Gasteiger partial charge in [0.05, 0.1) is 18.4 Å². The van der Waals surface area contributed by atoms with Gasteiger partial charge in [-0.15, -0.1) is 11.3 Å². The molecule has 0 radical (unpaired) electrons. The zero-order chi connectivity index (χ0) is 18.0. The summed E-state index contributed by atoms with van der Waals surface area (Å²) in [4.78, 5) is 27.9. The van der Waals surface area contributed by atoms with Crippen LogP contribution in [0.4, 0.5) is 10.7 Å². The minimum Gasteiger partial charge on any atom is -0.495 e. The molecule has 0 saturated carbocycles. The van der Waals surface area contributed by atoms with E-state index in [0.29, 0.717) is 22.0 Å². The van der Waals surface area contributed by atoms with E-state index in [1.165, 1.54) is 18.3 Å². The maximum absolute atomic E-state index is 13.0. The summed E-state index contributed by atoms with van der Waals surface area (Å²) < 4.78 is 5.30. The van der Waals surface area contributed by atoms with Gasteiger partial charge in [0, 0.05) is 24.9 Å². The van der Waals surface area contributed by atoms with E-state index in [9.17, 15) is 9.59 Å². The van der Waals surface area contributed by atoms with E-state index >= 15 is 0 Å². The minimum absolute atomic E-state index is 0.182. The highest BCUT2D eigenvalue weighted by Gasteiger charge is 2.27. The third kappa shape index (κ3) is 3.67. The first-order valence-corrected chi connectivity index (χ1v) is 8.86. The third-order valence-corrected chi connectivity index (χ3v) is 5.25. The molecule has 0 spiro atoms. The maximum atomic E-state index is 13.0. The van der Waals surface area contributed by atoms with Crippen molar-refractivity contribution in [3.8, 4) is 5.75 Å². The average molecular weight is 359 g/mol. The molecule has 25 heavy (non-hydrogen) atoms. The van der Waals surface area contributed by atoms with Crippen LogP contribution in [0.2, 0.25) is 0 Å². The number of carbonyl (C=O) groups excluding carboxylic acids is 2. The molecule has 2 N–H and O–H groups in total. The number of nitrogens with zero attached hydrogens (tertiary/aromatic N) is 1. The largest absolute Gasteiger partial charge is 0.495 e. The molecule has 1 aliphatic rings. The van der Waals surface area contributed by atoms with Crippen LogP contribution in [0.3, 0.4) is 0 Å². The first-order valence-electron chi connectivity index (χ1n) is 8.04. The molecule has 1 aliphatic heterocycles. The van der Waals surface area contributed by atoms with Crippen LogP contribution >= 0.6 is 11.3 Å². The van der Waals surface area contributed by atoms with Crippen molar-refractivity contribution in [3.05, 3.63) is 40.3 Å². The number of benzene rings is 1. The zero-order valence-electron chi connectivity index (χ0n) is 14.5. The van der Waals surface area contributed by atoms with E-state index in [-0.39, 0.29) is 11.8 Å². The molecule has 0 unspecified atom stereocenters. The third-order valence-electron chi connectivity index (χ3n) is 4.12. The fourth-order valence-electron chi connectivity index (χ4n) is 2.95. The predicted molar refractivity (Wildman–Crippen MR) is 99.6 cm³/mol. The summed E-state index contributed by atoms with van der Waals surface area (Å²) in [6, 6.07) is 7.27. The van der Waals surface area contributed by atoms with Gasteiger partial charge in [-0.2, -0.15) is 0 Å². The van der Waals surface area contributed by atoms with Gasteiger partial charge in [-0.25, -0.2) is 0 Å². The lowest BCUT2D eigenvalue weighted by atomic mass is 10.0. The van der Waals surface area contributed by atoms with Gasteiger partial charge in [-0.3, -0.25) is 9.59 Å². The van der Waals surface area contributed by atoms with E-state index < -0.39 is 0 Å². The molecule has 6 nitrogen and oxygen atoms in total. The van der Waals surface area contributed by atoms with Crippen LogP contribution in [0.15, 0.2) is 24.3 Å². The van der Waals surface area contributed by atoms with E-state index in [1.807, 2.05) is 12.1 Å². The molecule has 0 fully saturated rings. The lowest BCUT2D eigenvalue weighted by molar-refractivity contribution is -0.114. The van der Waals surface area contributed by atoms with E-state index in [4.69, 9.17) is 4.74 Å². The minimum atomic E-state index is -0.227. The summed E-state index contributed by atoms with van der Waals surface area (Å²) in [5.41, 5.74) is 2.20. The number of hydrogen-bond acceptors (Lipinski definition) is 5. The van der Waals surface area contributed by atoms with Crippen LogP contribution in [-0.4, -0.2) is 37.4 Å². The Kier molecular flexibility index (Phi) is 5.06. The summed E-state index contributed by atoms with van der Waals surface area (Å²) in [6.45, 7) is 3.12. The summed E-state index contributed by atoms with van der Waals surface area (Å²) in [6.07, 6.45) is 0.788. The Bertz CT molecular complexity index is 816. The molecule has 0 saturated heterocycles. The number of fused-ring (bicyclic) bond motifs is 1. The average Bonchev–Trinajstić information content (AvgIpc) is 2.91. The number of rotatable bonds is 4. The van der Waals surface area contributed by atoms with Gasteiger partial charge in [0.2, 0.25) is 5.91 Å². The van der Waals surface area contributed by atoms with Crippen LogP contribution in [0, 0.1) is 0 Å². The summed E-state index contributed by atoms with van der Waals surface area (Å²) in [5, 5.41) is 6.34. The maximum Gasteiger partial charge on any atom is 0.259 e. The van der Waals surface area contributed by atoms with Crippen molar-refractivity contribution in [3.63, 3.8) is 0 Å². The van der Waals surface area contributed by atoms with Gasteiger partial charge in [0.25, 0.3) is 5.91 Å². The van der Waals surface area contributed by atoms with Crippen molar-refractivity contribution in [2.45, 2.75) is 19.9 Å². The molecule has 2 aromatic rings. The van der Waals surface area contributed by atoms with Gasteiger partial charge in [0.1, 0.15) is 10.8 Å². The number of carbonyl (C=O) groups is 2. The van der Waals surface area contributed by atoms with Crippen LogP contribution < -0.4 is 15.4 Å². The standard InChI is InChI=1S/C18H21N3O3S/c1-11(22)19-18-16(12-8-9-21(2)10-15(12)25-18)17(23)20-13-6-4-5-7-14(13)24-3/h4-7H,8-10H2,1-3H3,(H,19,22)(H,20,23). The molecule has 0 atom stereocenters. The molecule has 3 rings (SSSR count). The zero-order valence-corrected chi connectivity index (χ0v) is 15.3. The predicted octanol–water partition coefficient (Wildman–Crippen LogP) is 2.96. The second kappa shape index (κ2) is 7.25. The van der Waals surface area contributed by atoms with Gasteiger partial charge >= 0.3 is 0 Å². The molecule has 0 aliphatic carbocycles. The lowest BCUT2D eigenvalue weighted by Gasteiger charge is -2.22. The number of ether oxygens (including phenoxy) is 1. The molecule has 2 amide bonds. The van der Waals surface area contributed by atoms with Crippen LogP contribution in [-0.2, 0) is 17.8 Å². The first kappa shape index (κ1) is 17.4. The molecular formula is C18H21N3O3S. The number of nitrogens with one attached hydrogen (secondary N) is 2. The smallest absolute Gasteiger partial charge is 0.259 e. The Morgan fingerprint density at radius 1 is 1.24 bits per heavy atom. The summed E-state index contributed by atoms with van der Waals surface area (Å²) >= 11 is 1.48. The fraction of sp³-hybridized carbons (Fsp3) is 0.333. The second-order valence-corrected chi connectivity index (χ2v) is 7.14. The topological polar surface area (TPSA) is 70.7 Å². The van der Waals surface area contributed by atoms with Gasteiger partial charge in [-0.05, 0) is 31.2 Å². The number of anilines is 2. The number of hydrogen-bond donors (Lipinski definition) is 2. The summed E-state index contributed by atoms with van der Waals surface area (Å²) in [7, 11) is 3.62. The van der Waals surface area contributed by atoms with E-state index in [0.717, 1.165) is 30.0 Å². The van der Waals surface area contributed by atoms with Gasteiger partial charge in [-0.1, -0.05) is 12.1 Å².